The van der Waals surface area contributed by atoms with Gasteiger partial charge >= 0.3 is 0 Å². The Morgan fingerprint density at radius 1 is 1.50 bits per heavy atom. The van der Waals surface area contributed by atoms with E-state index in [2.05, 4.69) is 10.3 Å². The Morgan fingerprint density at radius 2 is 2.17 bits per heavy atom. The van der Waals surface area contributed by atoms with E-state index in [1.54, 1.807) is 0 Å². The molecule has 0 aromatic carbocycles. The van der Waals surface area contributed by atoms with Crippen LogP contribution in [0.3, 0.4) is 0 Å². The summed E-state index contributed by atoms with van der Waals surface area (Å²) in [5.41, 5.74) is 0.887. The number of aromatic nitrogens is 1. The van der Waals surface area contributed by atoms with Crippen molar-refractivity contribution in [2.45, 2.75) is 26.3 Å². The highest BCUT2D eigenvalue weighted by Gasteiger charge is 2.60. The molecule has 6 heteroatoms. The summed E-state index contributed by atoms with van der Waals surface area (Å²) in [6.45, 7) is 4.91. The summed E-state index contributed by atoms with van der Waals surface area (Å²) in [6, 6.07) is 0.141. The van der Waals surface area contributed by atoms with Gasteiger partial charge in [-0.05, 0) is 19.9 Å². The molecule has 18 heavy (non-hydrogen) atoms. The zero-order chi connectivity index (χ0) is 12.9. The Bertz CT molecular complexity index is 493. The first-order chi connectivity index (χ1) is 8.63. The van der Waals surface area contributed by atoms with Crippen LogP contribution in [0, 0.1) is 11.8 Å². The van der Waals surface area contributed by atoms with Gasteiger partial charge in [0, 0.05) is 11.4 Å². The van der Waals surface area contributed by atoms with Crippen LogP contribution in [0.1, 0.15) is 32.0 Å². The average Bonchev–Trinajstić information content (AvgIpc) is 2.93. The minimum Gasteiger partial charge on any atom is -0.309 e. The average molecular weight is 265 g/mol. The second-order valence-corrected chi connectivity index (χ2v) is 5.63. The number of nitrogens with one attached hydrogen (secondary N) is 1. The summed E-state index contributed by atoms with van der Waals surface area (Å²) in [5.74, 6) is -0.254. The smallest absolute Gasteiger partial charge is 0.239 e. The topological polar surface area (TPSA) is 62.3 Å². The fourth-order valence-corrected chi connectivity index (χ4v) is 3.28. The number of rotatable bonds is 4. The second kappa shape index (κ2) is 4.13. The minimum atomic E-state index is -0.0676. The lowest BCUT2D eigenvalue weighted by Crippen LogP contribution is -2.32. The third-order valence-electron chi connectivity index (χ3n) is 3.52. The van der Waals surface area contributed by atoms with Gasteiger partial charge in [0.25, 0.3) is 0 Å². The Labute approximate surface area is 109 Å². The quantitative estimate of drug-likeness (QED) is 0.834. The number of hydrogen-bond donors (Lipinski definition) is 1. The van der Waals surface area contributed by atoms with Crippen molar-refractivity contribution in [2.24, 2.45) is 11.8 Å². The Balaban J connectivity index is 1.81. The number of fused-ring (bicyclic) bond motifs is 1. The minimum absolute atomic E-state index is 0.0592. The van der Waals surface area contributed by atoms with E-state index in [4.69, 9.17) is 0 Å². The number of imide groups is 1. The summed E-state index contributed by atoms with van der Waals surface area (Å²) in [4.78, 5) is 29.5. The molecule has 1 saturated heterocycles. The molecule has 3 unspecified atom stereocenters. The van der Waals surface area contributed by atoms with Gasteiger partial charge in [-0.15, -0.1) is 11.3 Å². The van der Waals surface area contributed by atoms with E-state index in [0.29, 0.717) is 5.13 Å². The SMILES string of the molecule is CCNC(C)c1csc(N2C(=O)C3CC3C2=O)n1. The number of carbonyl (C=O) groups excluding carboxylic acids is 2. The molecule has 1 aromatic rings. The summed E-state index contributed by atoms with van der Waals surface area (Å²) in [6.07, 6.45) is 0.736. The molecule has 1 saturated carbocycles. The molecule has 1 aliphatic carbocycles. The van der Waals surface area contributed by atoms with Gasteiger partial charge in [-0.25, -0.2) is 9.88 Å². The highest BCUT2D eigenvalue weighted by atomic mass is 32.1. The standard InChI is InChI=1S/C12H15N3O2S/c1-3-13-6(2)9-5-18-12(14-9)15-10(16)7-4-8(7)11(15)17/h5-8,13H,3-4H2,1-2H3. The fourth-order valence-electron chi connectivity index (χ4n) is 2.36. The molecule has 3 rings (SSSR count). The molecule has 1 N–H and O–H groups in total. The van der Waals surface area contributed by atoms with E-state index < -0.39 is 0 Å². The van der Waals surface area contributed by atoms with E-state index >= 15 is 0 Å². The normalized spacial score (nSPS) is 27.6. The summed E-state index contributed by atoms with van der Waals surface area (Å²) >= 11 is 1.36. The first-order valence-corrected chi connectivity index (χ1v) is 7.08. The predicted octanol–water partition coefficient (Wildman–Crippen LogP) is 1.32. The molecule has 2 amide bonds. The van der Waals surface area contributed by atoms with Gasteiger partial charge < -0.3 is 5.32 Å². The number of nitrogens with zero attached hydrogens (tertiary/aromatic N) is 2. The molecule has 3 atom stereocenters. The van der Waals surface area contributed by atoms with Gasteiger partial charge in [0.1, 0.15) is 0 Å². The highest BCUT2D eigenvalue weighted by molar-refractivity contribution is 7.14. The monoisotopic (exact) mass is 265 g/mol. The van der Waals surface area contributed by atoms with Crippen molar-refractivity contribution >= 4 is 28.3 Å². The van der Waals surface area contributed by atoms with E-state index in [0.717, 1.165) is 18.7 Å². The zero-order valence-corrected chi connectivity index (χ0v) is 11.2. The first kappa shape index (κ1) is 11.8. The first-order valence-electron chi connectivity index (χ1n) is 6.20. The lowest BCUT2D eigenvalue weighted by molar-refractivity contribution is -0.123. The third kappa shape index (κ3) is 1.67. The third-order valence-corrected chi connectivity index (χ3v) is 4.36. The number of carbonyl (C=O) groups is 2. The summed E-state index contributed by atoms with van der Waals surface area (Å²) in [5, 5.41) is 5.70. The van der Waals surface area contributed by atoms with Crippen LogP contribution in [0.2, 0.25) is 0 Å². The molecular formula is C12H15N3O2S. The van der Waals surface area contributed by atoms with Gasteiger partial charge in [-0.1, -0.05) is 6.92 Å². The van der Waals surface area contributed by atoms with Gasteiger partial charge in [0.05, 0.1) is 17.5 Å². The van der Waals surface area contributed by atoms with E-state index in [1.165, 1.54) is 16.2 Å². The number of anilines is 1. The van der Waals surface area contributed by atoms with Crippen molar-refractivity contribution < 1.29 is 9.59 Å². The van der Waals surface area contributed by atoms with Gasteiger partial charge in [0.2, 0.25) is 11.8 Å². The Kier molecular flexibility index (Phi) is 2.71. The van der Waals surface area contributed by atoms with Crippen LogP contribution in [0.15, 0.2) is 5.38 Å². The van der Waals surface area contributed by atoms with Crippen LogP contribution in [0.4, 0.5) is 5.13 Å². The van der Waals surface area contributed by atoms with Crippen LogP contribution >= 0.6 is 11.3 Å². The van der Waals surface area contributed by atoms with Crippen LogP contribution in [0.5, 0.6) is 0 Å². The second-order valence-electron chi connectivity index (χ2n) is 4.79. The predicted molar refractivity (Wildman–Crippen MR) is 68.3 cm³/mol. The lowest BCUT2D eigenvalue weighted by atomic mass is 10.2. The molecule has 0 spiro atoms. The number of thiazole rings is 1. The van der Waals surface area contributed by atoms with Crippen LogP contribution in [0.25, 0.3) is 0 Å². The molecule has 5 nitrogen and oxygen atoms in total. The van der Waals surface area contributed by atoms with Crippen molar-refractivity contribution in [1.82, 2.24) is 10.3 Å². The zero-order valence-electron chi connectivity index (χ0n) is 10.3. The number of piperidine rings is 1. The van der Waals surface area contributed by atoms with E-state index in [9.17, 15) is 9.59 Å². The Hall–Kier alpha value is -1.27. The van der Waals surface area contributed by atoms with Crippen molar-refractivity contribution in [3.8, 4) is 0 Å². The molecule has 96 valence electrons. The van der Waals surface area contributed by atoms with Crippen molar-refractivity contribution in [1.29, 1.82) is 0 Å². The van der Waals surface area contributed by atoms with Crippen molar-refractivity contribution in [2.75, 3.05) is 11.4 Å². The van der Waals surface area contributed by atoms with E-state index in [1.807, 2.05) is 19.2 Å². The molecule has 1 aromatic heterocycles. The maximum atomic E-state index is 11.9. The molecule has 2 heterocycles. The van der Waals surface area contributed by atoms with Crippen molar-refractivity contribution in [3.63, 3.8) is 0 Å². The number of hydrogen-bond acceptors (Lipinski definition) is 5. The van der Waals surface area contributed by atoms with Crippen LogP contribution < -0.4 is 10.2 Å². The van der Waals surface area contributed by atoms with Crippen LogP contribution in [-0.2, 0) is 9.59 Å². The molecule has 2 aliphatic rings. The summed E-state index contributed by atoms with van der Waals surface area (Å²) in [7, 11) is 0. The molecular weight excluding hydrogens is 250 g/mol. The van der Waals surface area contributed by atoms with E-state index in [-0.39, 0.29) is 29.7 Å². The van der Waals surface area contributed by atoms with Crippen LogP contribution in [-0.4, -0.2) is 23.3 Å². The maximum absolute atomic E-state index is 11.9. The Morgan fingerprint density at radius 3 is 2.78 bits per heavy atom. The fraction of sp³-hybridized carbons (Fsp3) is 0.583. The van der Waals surface area contributed by atoms with Gasteiger partial charge in [-0.3, -0.25) is 9.59 Å². The largest absolute Gasteiger partial charge is 0.309 e. The van der Waals surface area contributed by atoms with Gasteiger partial charge in [-0.2, -0.15) is 0 Å². The molecule has 2 fully saturated rings. The lowest BCUT2D eigenvalue weighted by Gasteiger charge is -2.12. The van der Waals surface area contributed by atoms with Crippen molar-refractivity contribution in [3.05, 3.63) is 11.1 Å². The number of amides is 2. The molecule has 0 radical (unpaired) electrons. The molecule has 1 aliphatic heterocycles. The summed E-state index contributed by atoms with van der Waals surface area (Å²) < 4.78 is 0. The highest BCUT2D eigenvalue weighted by Crippen LogP contribution is 2.48. The maximum Gasteiger partial charge on any atom is 0.239 e. The molecule has 0 bridgehead atoms. The van der Waals surface area contributed by atoms with Gasteiger partial charge in [0.15, 0.2) is 5.13 Å².